The highest BCUT2D eigenvalue weighted by Gasteiger charge is 2.23. The van der Waals surface area contributed by atoms with E-state index in [4.69, 9.17) is 0 Å². The maximum Gasteiger partial charge on any atom is 0.223 e. The number of carbonyl (C=O) groups excluding carboxylic acids is 2. The minimum Gasteiger partial charge on any atom is -0.333 e. The van der Waals surface area contributed by atoms with Crippen LogP contribution >= 0.6 is 0 Å². The van der Waals surface area contributed by atoms with Gasteiger partial charge in [0.1, 0.15) is 5.82 Å². The van der Waals surface area contributed by atoms with Crippen LogP contribution in [-0.2, 0) is 17.9 Å². The molecule has 0 bridgehead atoms. The summed E-state index contributed by atoms with van der Waals surface area (Å²) in [5.41, 5.74) is 1.80. The molecule has 1 aromatic carbocycles. The number of nitrogens with zero attached hydrogens (tertiary/aromatic N) is 4. The Labute approximate surface area is 141 Å². The van der Waals surface area contributed by atoms with Gasteiger partial charge in [-0.2, -0.15) is 0 Å². The van der Waals surface area contributed by atoms with Crippen LogP contribution in [0.2, 0.25) is 0 Å². The zero-order chi connectivity index (χ0) is 17.1. The summed E-state index contributed by atoms with van der Waals surface area (Å²) in [6, 6.07) is 7.58. The molecular formula is C18H22N4O2. The van der Waals surface area contributed by atoms with E-state index in [-0.39, 0.29) is 11.7 Å². The van der Waals surface area contributed by atoms with E-state index in [1.54, 1.807) is 4.90 Å². The van der Waals surface area contributed by atoms with Crippen LogP contribution in [0.25, 0.3) is 0 Å². The molecule has 0 atom stereocenters. The fourth-order valence-electron chi connectivity index (χ4n) is 3.04. The lowest BCUT2D eigenvalue weighted by atomic mass is 10.0. The van der Waals surface area contributed by atoms with Gasteiger partial charge in [-0.1, -0.05) is 23.8 Å². The lowest BCUT2D eigenvalue weighted by molar-refractivity contribution is -0.132. The summed E-state index contributed by atoms with van der Waals surface area (Å²) in [4.78, 5) is 26.3. The van der Waals surface area contributed by atoms with Crippen molar-refractivity contribution in [3.8, 4) is 0 Å². The molecule has 0 unspecified atom stereocenters. The molecule has 2 aromatic rings. The molecule has 6 heteroatoms. The van der Waals surface area contributed by atoms with Gasteiger partial charge in [0.05, 0.1) is 6.54 Å². The Hall–Kier alpha value is -2.50. The van der Waals surface area contributed by atoms with Gasteiger partial charge in [0.15, 0.2) is 11.6 Å². The molecule has 0 fully saturated rings. The second kappa shape index (κ2) is 6.95. The number of amides is 1. The van der Waals surface area contributed by atoms with Gasteiger partial charge in [-0.15, -0.1) is 10.2 Å². The number of carbonyl (C=O) groups is 2. The SMILES string of the molecule is Cc1cccc(C(=O)CCCC(=O)N2CCn3c(C)nnc3C2)c1. The van der Waals surface area contributed by atoms with Gasteiger partial charge in [0, 0.05) is 31.5 Å². The normalized spacial score (nSPS) is 13.7. The molecule has 24 heavy (non-hydrogen) atoms. The van der Waals surface area contributed by atoms with E-state index < -0.39 is 0 Å². The smallest absolute Gasteiger partial charge is 0.223 e. The number of rotatable bonds is 5. The fourth-order valence-corrected chi connectivity index (χ4v) is 3.04. The van der Waals surface area contributed by atoms with Crippen molar-refractivity contribution in [2.45, 2.75) is 46.2 Å². The van der Waals surface area contributed by atoms with Crippen molar-refractivity contribution >= 4 is 11.7 Å². The van der Waals surface area contributed by atoms with E-state index >= 15 is 0 Å². The van der Waals surface area contributed by atoms with Gasteiger partial charge in [-0.3, -0.25) is 9.59 Å². The van der Waals surface area contributed by atoms with Crippen molar-refractivity contribution in [1.29, 1.82) is 0 Å². The van der Waals surface area contributed by atoms with E-state index in [2.05, 4.69) is 10.2 Å². The summed E-state index contributed by atoms with van der Waals surface area (Å²) in [7, 11) is 0. The third-order valence-corrected chi connectivity index (χ3v) is 4.43. The van der Waals surface area contributed by atoms with Gasteiger partial charge < -0.3 is 9.47 Å². The number of fused-ring (bicyclic) bond motifs is 1. The molecule has 0 spiro atoms. The van der Waals surface area contributed by atoms with Crippen LogP contribution in [-0.4, -0.2) is 37.9 Å². The summed E-state index contributed by atoms with van der Waals surface area (Å²) < 4.78 is 2.05. The highest BCUT2D eigenvalue weighted by atomic mass is 16.2. The number of aromatic nitrogens is 3. The molecule has 6 nitrogen and oxygen atoms in total. The molecule has 1 aliphatic heterocycles. The minimum atomic E-state index is 0.0824. The van der Waals surface area contributed by atoms with E-state index in [1.807, 2.05) is 42.7 Å². The Balaban J connectivity index is 1.49. The van der Waals surface area contributed by atoms with Crippen LogP contribution in [0.1, 0.15) is 46.8 Å². The molecule has 0 saturated heterocycles. The Morgan fingerprint density at radius 2 is 1.96 bits per heavy atom. The Morgan fingerprint density at radius 3 is 2.75 bits per heavy atom. The summed E-state index contributed by atoms with van der Waals surface area (Å²) in [6.45, 7) is 5.81. The van der Waals surface area contributed by atoms with Gasteiger partial charge in [0.25, 0.3) is 0 Å². The summed E-state index contributed by atoms with van der Waals surface area (Å²) in [5, 5.41) is 8.16. The topological polar surface area (TPSA) is 68.1 Å². The Bertz CT molecular complexity index is 766. The van der Waals surface area contributed by atoms with Crippen LogP contribution in [0, 0.1) is 13.8 Å². The number of Topliss-reactive ketones (excluding diaryl/α,β-unsaturated/α-hetero) is 1. The number of benzene rings is 1. The largest absolute Gasteiger partial charge is 0.333 e. The fraction of sp³-hybridized carbons (Fsp3) is 0.444. The number of aryl methyl sites for hydroxylation is 2. The Morgan fingerprint density at radius 1 is 1.12 bits per heavy atom. The molecule has 1 aliphatic rings. The van der Waals surface area contributed by atoms with Gasteiger partial charge in [0.2, 0.25) is 5.91 Å². The lowest BCUT2D eigenvalue weighted by Gasteiger charge is -2.27. The zero-order valence-corrected chi connectivity index (χ0v) is 14.2. The lowest BCUT2D eigenvalue weighted by Crippen LogP contribution is -2.38. The maximum atomic E-state index is 12.3. The molecule has 3 rings (SSSR count). The van der Waals surface area contributed by atoms with Gasteiger partial charge in [-0.25, -0.2) is 0 Å². The highest BCUT2D eigenvalue weighted by Crippen LogP contribution is 2.15. The highest BCUT2D eigenvalue weighted by molar-refractivity contribution is 5.96. The second-order valence-corrected chi connectivity index (χ2v) is 6.28. The predicted molar refractivity (Wildman–Crippen MR) is 89.5 cm³/mol. The van der Waals surface area contributed by atoms with Crippen molar-refractivity contribution in [3.63, 3.8) is 0 Å². The first-order valence-electron chi connectivity index (χ1n) is 8.31. The average Bonchev–Trinajstić information content (AvgIpc) is 2.95. The van der Waals surface area contributed by atoms with E-state index in [1.165, 1.54) is 0 Å². The Kier molecular flexibility index (Phi) is 4.74. The number of ketones is 1. The first-order chi connectivity index (χ1) is 11.5. The zero-order valence-electron chi connectivity index (χ0n) is 14.2. The van der Waals surface area contributed by atoms with Crippen molar-refractivity contribution in [2.75, 3.05) is 6.54 Å². The minimum absolute atomic E-state index is 0.0824. The van der Waals surface area contributed by atoms with Crippen LogP contribution in [0.5, 0.6) is 0 Å². The third-order valence-electron chi connectivity index (χ3n) is 4.43. The quantitative estimate of drug-likeness (QED) is 0.791. The summed E-state index contributed by atoms with van der Waals surface area (Å²) >= 11 is 0. The van der Waals surface area contributed by atoms with Crippen LogP contribution in [0.15, 0.2) is 24.3 Å². The standard InChI is InChI=1S/C18H22N4O2/c1-13-5-3-6-15(11-13)16(23)7-4-8-18(24)21-9-10-22-14(2)19-20-17(22)12-21/h3,5-6,11H,4,7-10,12H2,1-2H3. The first-order valence-corrected chi connectivity index (χ1v) is 8.31. The van der Waals surface area contributed by atoms with Crippen LogP contribution in [0.3, 0.4) is 0 Å². The first kappa shape index (κ1) is 16.4. The molecule has 0 aliphatic carbocycles. The molecular weight excluding hydrogens is 304 g/mol. The molecule has 2 heterocycles. The van der Waals surface area contributed by atoms with Crippen molar-refractivity contribution < 1.29 is 9.59 Å². The summed E-state index contributed by atoms with van der Waals surface area (Å²) in [6.07, 6.45) is 1.37. The van der Waals surface area contributed by atoms with Crippen molar-refractivity contribution in [2.24, 2.45) is 0 Å². The van der Waals surface area contributed by atoms with Crippen molar-refractivity contribution in [1.82, 2.24) is 19.7 Å². The van der Waals surface area contributed by atoms with E-state index in [9.17, 15) is 9.59 Å². The van der Waals surface area contributed by atoms with E-state index in [0.29, 0.717) is 32.4 Å². The molecule has 126 valence electrons. The monoisotopic (exact) mass is 326 g/mol. The third kappa shape index (κ3) is 3.53. The van der Waals surface area contributed by atoms with Crippen LogP contribution in [0.4, 0.5) is 0 Å². The van der Waals surface area contributed by atoms with Crippen LogP contribution < -0.4 is 0 Å². The molecule has 0 radical (unpaired) electrons. The van der Waals surface area contributed by atoms with Gasteiger partial charge >= 0.3 is 0 Å². The maximum absolute atomic E-state index is 12.3. The molecule has 1 aromatic heterocycles. The van der Waals surface area contributed by atoms with Gasteiger partial charge in [-0.05, 0) is 26.3 Å². The van der Waals surface area contributed by atoms with E-state index in [0.717, 1.165) is 29.3 Å². The second-order valence-electron chi connectivity index (χ2n) is 6.28. The molecule has 0 N–H and O–H groups in total. The summed E-state index contributed by atoms with van der Waals surface area (Å²) in [5.74, 6) is 1.91. The number of hydrogen-bond donors (Lipinski definition) is 0. The van der Waals surface area contributed by atoms with Crippen molar-refractivity contribution in [3.05, 3.63) is 47.0 Å². The average molecular weight is 326 g/mol. The molecule has 0 saturated carbocycles. The number of hydrogen-bond acceptors (Lipinski definition) is 4. The molecule has 1 amide bonds. The predicted octanol–water partition coefficient (Wildman–Crippen LogP) is 2.29.